The van der Waals surface area contributed by atoms with Crippen LogP contribution in [0.1, 0.15) is 54.0 Å². The normalized spacial score (nSPS) is 24.0. The third-order valence-corrected chi connectivity index (χ3v) is 6.41. The highest BCUT2D eigenvalue weighted by Crippen LogP contribution is 2.43. The Morgan fingerprint density at radius 1 is 1.20 bits per heavy atom. The number of fused-ring (bicyclic) bond motifs is 1. The molecule has 2 fully saturated rings. The molecule has 3 aromatic rings. The standard InChI is InChI=1S/C23H22N6O/c1-23(17-9-10-19-26-12-18(11-24)29(19)13-17)20(21(30)28(2)22(25)27-23)16-7-5-15(6-8-16)14-3-4-14/h5-10,12-14,20H,3-4H2,1-2H3,(H2,25,27)/t20-,23-/m1/s1. The number of hydrogen-bond donors (Lipinski definition) is 2. The van der Waals surface area contributed by atoms with Gasteiger partial charge in [0.25, 0.3) is 0 Å². The van der Waals surface area contributed by atoms with Gasteiger partial charge in [0.15, 0.2) is 5.96 Å². The van der Waals surface area contributed by atoms with Gasteiger partial charge in [0.05, 0.1) is 17.7 Å². The number of hydrogen-bond acceptors (Lipinski definition) is 4. The minimum atomic E-state index is -0.854. The van der Waals surface area contributed by atoms with Crippen molar-refractivity contribution in [1.82, 2.24) is 19.6 Å². The van der Waals surface area contributed by atoms with E-state index in [1.54, 1.807) is 11.4 Å². The molecule has 2 atom stereocenters. The van der Waals surface area contributed by atoms with Crippen LogP contribution >= 0.6 is 0 Å². The Labute approximate surface area is 174 Å². The molecule has 7 heteroatoms. The smallest absolute Gasteiger partial charge is 0.239 e. The van der Waals surface area contributed by atoms with Crippen LogP contribution in [0, 0.1) is 16.7 Å². The molecule has 2 N–H and O–H groups in total. The number of rotatable bonds is 3. The lowest BCUT2D eigenvalue weighted by molar-refractivity contribution is -0.131. The maximum Gasteiger partial charge on any atom is 0.239 e. The number of aromatic nitrogens is 2. The molecular formula is C23H22N6O. The number of guanidine groups is 1. The molecule has 1 aliphatic heterocycles. The summed E-state index contributed by atoms with van der Waals surface area (Å²) in [5.41, 5.74) is 3.27. The number of nitrogens with one attached hydrogen (secondary N) is 2. The average molecular weight is 398 g/mol. The third kappa shape index (κ3) is 2.68. The Bertz CT molecular complexity index is 1220. The minimum absolute atomic E-state index is 0.0552. The zero-order chi connectivity index (χ0) is 21.0. The van der Waals surface area contributed by atoms with Gasteiger partial charge in [-0.3, -0.25) is 19.5 Å². The molecular weight excluding hydrogens is 376 g/mol. The first-order valence-corrected chi connectivity index (χ1v) is 10.0. The van der Waals surface area contributed by atoms with Crippen LogP contribution in [0.2, 0.25) is 0 Å². The molecule has 0 radical (unpaired) electrons. The van der Waals surface area contributed by atoms with Crippen LogP contribution in [0.25, 0.3) is 5.65 Å². The second kappa shape index (κ2) is 6.42. The highest BCUT2D eigenvalue weighted by Gasteiger charge is 2.48. The fourth-order valence-electron chi connectivity index (χ4n) is 4.42. The van der Waals surface area contributed by atoms with E-state index in [2.05, 4.69) is 28.5 Å². The first-order chi connectivity index (χ1) is 14.4. The molecule has 2 aliphatic rings. The lowest BCUT2D eigenvalue weighted by Crippen LogP contribution is -2.62. The number of amides is 1. The van der Waals surface area contributed by atoms with E-state index in [1.165, 1.54) is 29.5 Å². The molecule has 150 valence electrons. The number of carbonyl (C=O) groups excluding carboxylic acids is 1. The molecule has 0 unspecified atom stereocenters. The van der Waals surface area contributed by atoms with Crippen LogP contribution in [0.15, 0.2) is 48.8 Å². The van der Waals surface area contributed by atoms with Crippen LogP contribution in [-0.2, 0) is 10.3 Å². The summed E-state index contributed by atoms with van der Waals surface area (Å²) in [5.74, 6) is 0.0529. The van der Waals surface area contributed by atoms with Gasteiger partial charge < -0.3 is 5.32 Å². The number of nitriles is 1. The number of benzene rings is 1. The van der Waals surface area contributed by atoms with E-state index in [4.69, 9.17) is 5.41 Å². The fourth-order valence-corrected chi connectivity index (χ4v) is 4.42. The first-order valence-electron chi connectivity index (χ1n) is 10.0. The molecule has 0 bridgehead atoms. The number of imidazole rings is 1. The SMILES string of the molecule is CN1C(=N)N[C@](C)(c2ccc3ncc(C#N)n3c2)[C@H](c2ccc(C3CC3)cc2)C1=O. The van der Waals surface area contributed by atoms with Crippen molar-refractivity contribution in [3.8, 4) is 6.07 Å². The van der Waals surface area contributed by atoms with Crippen molar-refractivity contribution in [2.24, 2.45) is 0 Å². The van der Waals surface area contributed by atoms with Crippen molar-refractivity contribution in [2.45, 2.75) is 37.1 Å². The second-order valence-corrected chi connectivity index (χ2v) is 8.35. The lowest BCUT2D eigenvalue weighted by Gasteiger charge is -2.45. The third-order valence-electron chi connectivity index (χ3n) is 6.41. The van der Waals surface area contributed by atoms with Crippen molar-refractivity contribution in [1.29, 1.82) is 10.7 Å². The van der Waals surface area contributed by atoms with Crippen molar-refractivity contribution in [2.75, 3.05) is 7.05 Å². The predicted octanol–water partition coefficient (Wildman–Crippen LogP) is 3.08. The highest BCUT2D eigenvalue weighted by molar-refractivity contribution is 6.02. The Morgan fingerprint density at radius 2 is 1.90 bits per heavy atom. The molecule has 1 aromatic carbocycles. The van der Waals surface area contributed by atoms with Crippen LogP contribution in [0.3, 0.4) is 0 Å². The van der Waals surface area contributed by atoms with Gasteiger partial charge in [0.1, 0.15) is 17.4 Å². The molecule has 3 heterocycles. The maximum atomic E-state index is 13.4. The predicted molar refractivity (Wildman–Crippen MR) is 112 cm³/mol. The monoisotopic (exact) mass is 398 g/mol. The van der Waals surface area contributed by atoms with E-state index in [0.717, 1.165) is 11.1 Å². The van der Waals surface area contributed by atoms with Gasteiger partial charge in [-0.05, 0) is 48.4 Å². The first kappa shape index (κ1) is 18.4. The Hall–Kier alpha value is -3.66. The number of pyridine rings is 1. The zero-order valence-corrected chi connectivity index (χ0v) is 16.9. The molecule has 7 nitrogen and oxygen atoms in total. The summed E-state index contributed by atoms with van der Waals surface area (Å²) >= 11 is 0. The van der Waals surface area contributed by atoms with Gasteiger partial charge in [-0.1, -0.05) is 30.3 Å². The average Bonchev–Trinajstić information content (AvgIpc) is 3.52. The lowest BCUT2D eigenvalue weighted by atomic mass is 9.74. The van der Waals surface area contributed by atoms with Gasteiger partial charge in [-0.25, -0.2) is 4.98 Å². The summed E-state index contributed by atoms with van der Waals surface area (Å²) in [4.78, 5) is 19.0. The van der Waals surface area contributed by atoms with Crippen molar-refractivity contribution in [3.63, 3.8) is 0 Å². The van der Waals surface area contributed by atoms with E-state index in [0.29, 0.717) is 17.3 Å². The van der Waals surface area contributed by atoms with E-state index >= 15 is 0 Å². The molecule has 1 aliphatic carbocycles. The van der Waals surface area contributed by atoms with E-state index in [1.807, 2.05) is 37.4 Å². The van der Waals surface area contributed by atoms with Crippen molar-refractivity contribution >= 4 is 17.5 Å². The van der Waals surface area contributed by atoms with Gasteiger partial charge in [-0.15, -0.1) is 0 Å². The highest BCUT2D eigenvalue weighted by atomic mass is 16.2. The van der Waals surface area contributed by atoms with E-state index in [-0.39, 0.29) is 11.9 Å². The summed E-state index contributed by atoms with van der Waals surface area (Å²) in [5, 5.41) is 21.0. The van der Waals surface area contributed by atoms with E-state index < -0.39 is 11.5 Å². The Morgan fingerprint density at radius 3 is 2.57 bits per heavy atom. The van der Waals surface area contributed by atoms with Crippen molar-refractivity contribution < 1.29 is 4.79 Å². The minimum Gasteiger partial charge on any atom is -0.346 e. The number of carbonyl (C=O) groups is 1. The largest absolute Gasteiger partial charge is 0.346 e. The van der Waals surface area contributed by atoms with Gasteiger partial charge >= 0.3 is 0 Å². The van der Waals surface area contributed by atoms with Gasteiger partial charge in [0, 0.05) is 13.2 Å². The summed E-state index contributed by atoms with van der Waals surface area (Å²) in [6.45, 7) is 1.94. The quantitative estimate of drug-likeness (QED) is 0.708. The molecule has 5 rings (SSSR count). The Balaban J connectivity index is 1.64. The molecule has 30 heavy (non-hydrogen) atoms. The second-order valence-electron chi connectivity index (χ2n) is 8.35. The van der Waals surface area contributed by atoms with Crippen LogP contribution in [-0.4, -0.2) is 33.2 Å². The number of likely N-dealkylation sites (N-methyl/N-ethyl adjacent to an activating group) is 1. The van der Waals surface area contributed by atoms with Gasteiger partial charge in [0.2, 0.25) is 5.91 Å². The fraction of sp³-hybridized carbons (Fsp3) is 0.304. The van der Waals surface area contributed by atoms with Crippen LogP contribution in [0.4, 0.5) is 0 Å². The molecule has 2 aromatic heterocycles. The topological polar surface area (TPSA) is 97.3 Å². The molecule has 1 saturated carbocycles. The number of nitrogens with zero attached hydrogens (tertiary/aromatic N) is 4. The van der Waals surface area contributed by atoms with E-state index in [9.17, 15) is 10.1 Å². The van der Waals surface area contributed by atoms with Crippen LogP contribution < -0.4 is 5.32 Å². The van der Waals surface area contributed by atoms with Crippen molar-refractivity contribution in [3.05, 3.63) is 71.2 Å². The summed E-state index contributed by atoms with van der Waals surface area (Å²) in [7, 11) is 1.62. The molecule has 1 saturated heterocycles. The summed E-state index contributed by atoms with van der Waals surface area (Å²) in [6.07, 6.45) is 5.83. The Kier molecular flexibility index (Phi) is 3.93. The summed E-state index contributed by atoms with van der Waals surface area (Å²) in [6, 6.07) is 14.2. The maximum absolute atomic E-state index is 13.4. The zero-order valence-electron chi connectivity index (χ0n) is 16.9. The van der Waals surface area contributed by atoms with Gasteiger partial charge in [-0.2, -0.15) is 5.26 Å². The van der Waals surface area contributed by atoms with Crippen LogP contribution in [0.5, 0.6) is 0 Å². The summed E-state index contributed by atoms with van der Waals surface area (Å²) < 4.78 is 1.72. The molecule has 0 spiro atoms. The molecule has 1 amide bonds.